The summed E-state index contributed by atoms with van der Waals surface area (Å²) in [6.07, 6.45) is 9.09. The minimum absolute atomic E-state index is 0.285. The van der Waals surface area contributed by atoms with Crippen LogP contribution in [0.15, 0.2) is 48.5 Å². The van der Waals surface area contributed by atoms with E-state index in [2.05, 4.69) is 23.0 Å². The highest BCUT2D eigenvalue weighted by molar-refractivity contribution is 5.33. The predicted octanol–water partition coefficient (Wildman–Crippen LogP) is 3.72. The van der Waals surface area contributed by atoms with Gasteiger partial charge < -0.3 is 14.6 Å². The van der Waals surface area contributed by atoms with Gasteiger partial charge in [-0.3, -0.25) is 4.90 Å². The van der Waals surface area contributed by atoms with Gasteiger partial charge in [-0.15, -0.1) is 6.42 Å². The van der Waals surface area contributed by atoms with Crippen molar-refractivity contribution in [1.29, 1.82) is 0 Å². The highest BCUT2D eigenvalue weighted by Crippen LogP contribution is 2.46. The van der Waals surface area contributed by atoms with Crippen LogP contribution in [0.4, 0.5) is 0 Å². The molecular weight excluding hydrogens is 350 g/mol. The molecule has 2 fully saturated rings. The highest BCUT2D eigenvalue weighted by Gasteiger charge is 2.48. The number of hydrogen-bond acceptors (Lipinski definition) is 4. The largest absolute Gasteiger partial charge is 0.497 e. The zero-order valence-electron chi connectivity index (χ0n) is 16.3. The lowest BCUT2D eigenvalue weighted by molar-refractivity contribution is -0.0595. The molecule has 28 heavy (non-hydrogen) atoms. The Morgan fingerprint density at radius 2 is 1.82 bits per heavy atom. The number of ether oxygens (including phenoxy) is 2. The van der Waals surface area contributed by atoms with Gasteiger partial charge in [-0.1, -0.05) is 30.2 Å². The molecule has 2 heterocycles. The highest BCUT2D eigenvalue weighted by atomic mass is 16.5. The first-order valence-electron chi connectivity index (χ1n) is 9.89. The van der Waals surface area contributed by atoms with Crippen molar-refractivity contribution in [3.05, 3.63) is 59.7 Å². The number of nitrogens with zero attached hydrogens (tertiary/aromatic N) is 1. The quantitative estimate of drug-likeness (QED) is 0.779. The third kappa shape index (κ3) is 3.73. The Hall–Kier alpha value is -2.48. The molecule has 0 aliphatic carbocycles. The average molecular weight is 377 g/mol. The van der Waals surface area contributed by atoms with Gasteiger partial charge in [0.25, 0.3) is 0 Å². The molecule has 4 rings (SSSR count). The Kier molecular flexibility index (Phi) is 5.30. The zero-order valence-corrected chi connectivity index (χ0v) is 16.3. The van der Waals surface area contributed by atoms with Crippen molar-refractivity contribution in [1.82, 2.24) is 4.90 Å². The van der Waals surface area contributed by atoms with E-state index in [0.717, 1.165) is 49.3 Å². The molecule has 1 N–H and O–H groups in total. The van der Waals surface area contributed by atoms with E-state index < -0.39 is 5.60 Å². The lowest BCUT2D eigenvalue weighted by Gasteiger charge is -2.44. The minimum atomic E-state index is -0.758. The number of terminal acetylenes is 1. The first kappa shape index (κ1) is 18.9. The summed E-state index contributed by atoms with van der Waals surface area (Å²) in [5.74, 6) is 4.14. The number of methoxy groups -OCH3 is 1. The second kappa shape index (κ2) is 7.87. The maximum Gasteiger partial charge on any atom is 0.148 e. The van der Waals surface area contributed by atoms with Gasteiger partial charge in [-0.25, -0.2) is 0 Å². The molecule has 0 radical (unpaired) electrons. The molecule has 2 saturated heterocycles. The van der Waals surface area contributed by atoms with Gasteiger partial charge in [0.1, 0.15) is 18.1 Å². The van der Waals surface area contributed by atoms with Crippen LogP contribution in [0.25, 0.3) is 0 Å². The molecule has 0 amide bonds. The van der Waals surface area contributed by atoms with E-state index in [4.69, 9.17) is 15.9 Å². The standard InChI is InChI=1S/C24H27NO3/c1-3-13-28-23-6-4-5-18(14-23)17-25-20-9-10-21(25)16-24(26,15-20)19-7-11-22(27-2)12-8-19/h1,4-8,11-12,14,20-21,26H,9-10,13,15-17H2,2H3/t20-,21+,24?. The Labute approximate surface area is 167 Å². The molecule has 0 aromatic heterocycles. The summed E-state index contributed by atoms with van der Waals surface area (Å²) in [5.41, 5.74) is 1.46. The van der Waals surface area contributed by atoms with E-state index in [1.54, 1.807) is 7.11 Å². The Bertz CT molecular complexity index is 841. The molecule has 0 spiro atoms. The van der Waals surface area contributed by atoms with E-state index >= 15 is 0 Å². The normalized spacial score (nSPS) is 26.6. The van der Waals surface area contributed by atoms with Crippen molar-refractivity contribution in [2.75, 3.05) is 13.7 Å². The lowest BCUT2D eigenvalue weighted by Crippen LogP contribution is -2.49. The van der Waals surface area contributed by atoms with Crippen LogP contribution in [0.2, 0.25) is 0 Å². The van der Waals surface area contributed by atoms with E-state index in [9.17, 15) is 5.11 Å². The molecule has 1 unspecified atom stereocenters. The second-order valence-corrected chi connectivity index (χ2v) is 7.87. The van der Waals surface area contributed by atoms with Crippen LogP contribution in [0.1, 0.15) is 36.8 Å². The van der Waals surface area contributed by atoms with E-state index in [-0.39, 0.29) is 6.61 Å². The minimum Gasteiger partial charge on any atom is -0.497 e. The molecule has 4 heteroatoms. The summed E-state index contributed by atoms with van der Waals surface area (Å²) >= 11 is 0. The van der Waals surface area contributed by atoms with Crippen LogP contribution >= 0.6 is 0 Å². The first-order chi connectivity index (χ1) is 13.6. The van der Waals surface area contributed by atoms with Gasteiger partial charge >= 0.3 is 0 Å². The fourth-order valence-corrected chi connectivity index (χ4v) is 4.78. The van der Waals surface area contributed by atoms with Gasteiger partial charge in [0.2, 0.25) is 0 Å². The van der Waals surface area contributed by atoms with Crippen molar-refractivity contribution >= 4 is 0 Å². The number of aliphatic hydroxyl groups is 1. The third-order valence-corrected chi connectivity index (χ3v) is 6.13. The summed E-state index contributed by atoms with van der Waals surface area (Å²) in [6.45, 7) is 1.16. The smallest absolute Gasteiger partial charge is 0.148 e. The monoisotopic (exact) mass is 377 g/mol. The molecule has 3 atom stereocenters. The van der Waals surface area contributed by atoms with E-state index in [0.29, 0.717) is 12.1 Å². The molecule has 2 bridgehead atoms. The van der Waals surface area contributed by atoms with Crippen LogP contribution in [0.5, 0.6) is 11.5 Å². The summed E-state index contributed by atoms with van der Waals surface area (Å²) in [4.78, 5) is 2.55. The molecule has 4 nitrogen and oxygen atoms in total. The molecule has 146 valence electrons. The van der Waals surface area contributed by atoms with Crippen molar-refractivity contribution in [3.63, 3.8) is 0 Å². The molecule has 2 aromatic rings. The van der Waals surface area contributed by atoms with Crippen LogP contribution in [0.3, 0.4) is 0 Å². The van der Waals surface area contributed by atoms with Crippen LogP contribution in [0, 0.1) is 12.3 Å². The number of benzene rings is 2. The maximum absolute atomic E-state index is 11.4. The molecule has 2 aliphatic heterocycles. The van der Waals surface area contributed by atoms with Crippen LogP contribution in [-0.4, -0.2) is 35.8 Å². The van der Waals surface area contributed by atoms with Crippen molar-refractivity contribution in [2.45, 2.75) is 49.9 Å². The van der Waals surface area contributed by atoms with Crippen LogP contribution < -0.4 is 9.47 Å². The van der Waals surface area contributed by atoms with E-state index in [1.807, 2.05) is 36.4 Å². The Morgan fingerprint density at radius 3 is 2.46 bits per heavy atom. The lowest BCUT2D eigenvalue weighted by atomic mass is 9.80. The maximum atomic E-state index is 11.4. The summed E-state index contributed by atoms with van der Waals surface area (Å²) in [5, 5.41) is 11.4. The number of hydrogen-bond donors (Lipinski definition) is 1. The van der Waals surface area contributed by atoms with Crippen LogP contribution in [-0.2, 0) is 12.1 Å². The number of piperidine rings is 1. The molecule has 2 aromatic carbocycles. The number of fused-ring (bicyclic) bond motifs is 2. The van der Waals surface area contributed by atoms with Crippen molar-refractivity contribution in [2.24, 2.45) is 0 Å². The fourth-order valence-electron chi connectivity index (χ4n) is 4.78. The zero-order chi connectivity index (χ0) is 19.6. The summed E-state index contributed by atoms with van der Waals surface area (Å²) in [6, 6.07) is 16.8. The fraction of sp³-hybridized carbons (Fsp3) is 0.417. The van der Waals surface area contributed by atoms with Gasteiger partial charge in [-0.2, -0.15) is 0 Å². The number of rotatable bonds is 6. The van der Waals surface area contributed by atoms with Gasteiger partial charge in [0, 0.05) is 18.6 Å². The Morgan fingerprint density at radius 1 is 1.11 bits per heavy atom. The van der Waals surface area contributed by atoms with Gasteiger partial charge in [0.15, 0.2) is 0 Å². The van der Waals surface area contributed by atoms with E-state index in [1.165, 1.54) is 5.56 Å². The predicted molar refractivity (Wildman–Crippen MR) is 109 cm³/mol. The first-order valence-corrected chi connectivity index (χ1v) is 9.89. The Balaban J connectivity index is 1.47. The van der Waals surface area contributed by atoms with Crippen molar-refractivity contribution in [3.8, 4) is 23.8 Å². The summed E-state index contributed by atoms with van der Waals surface area (Å²) in [7, 11) is 1.66. The molecular formula is C24H27NO3. The van der Waals surface area contributed by atoms with Gasteiger partial charge in [-0.05, 0) is 61.1 Å². The van der Waals surface area contributed by atoms with Gasteiger partial charge in [0.05, 0.1) is 12.7 Å². The molecule has 0 saturated carbocycles. The summed E-state index contributed by atoms with van der Waals surface area (Å²) < 4.78 is 10.8. The SMILES string of the molecule is C#CCOc1cccc(CN2[C@@H]3CC[C@H]2CC(O)(c2ccc(OC)cc2)C3)c1. The third-order valence-electron chi connectivity index (χ3n) is 6.13. The molecule has 2 aliphatic rings. The topological polar surface area (TPSA) is 41.9 Å². The second-order valence-electron chi connectivity index (χ2n) is 7.87. The van der Waals surface area contributed by atoms with Crippen molar-refractivity contribution < 1.29 is 14.6 Å². The average Bonchev–Trinajstić information content (AvgIpc) is 2.96.